The SMILES string of the molecule is CCOC(=O)N(CC)C(P=O)c1ccc(OC)cc1. The Balaban J connectivity index is 2.95. The monoisotopic (exact) mass is 283 g/mol. The van der Waals surface area contributed by atoms with E-state index in [1.54, 1.807) is 38.3 Å². The maximum absolute atomic E-state index is 11.8. The highest BCUT2D eigenvalue weighted by Gasteiger charge is 2.25. The van der Waals surface area contributed by atoms with Gasteiger partial charge in [-0.1, -0.05) is 12.1 Å². The molecule has 0 saturated carbocycles. The molecule has 0 saturated heterocycles. The van der Waals surface area contributed by atoms with Crippen molar-refractivity contribution in [3.63, 3.8) is 0 Å². The lowest BCUT2D eigenvalue weighted by atomic mass is 10.2. The molecule has 6 heteroatoms. The highest BCUT2D eigenvalue weighted by Crippen LogP contribution is 2.32. The van der Waals surface area contributed by atoms with E-state index in [2.05, 4.69) is 0 Å². The Bertz CT molecular complexity index is 421. The number of carbonyl (C=O) groups is 1. The largest absolute Gasteiger partial charge is 0.497 e. The molecule has 0 radical (unpaired) electrons. The summed E-state index contributed by atoms with van der Waals surface area (Å²) in [6.45, 7) is 4.27. The molecule has 0 fully saturated rings. The van der Waals surface area contributed by atoms with Crippen molar-refractivity contribution in [2.45, 2.75) is 19.6 Å². The molecule has 0 aliphatic rings. The van der Waals surface area contributed by atoms with Gasteiger partial charge in [0.25, 0.3) is 0 Å². The van der Waals surface area contributed by atoms with Crippen LogP contribution in [0, 0.1) is 0 Å². The van der Waals surface area contributed by atoms with Gasteiger partial charge >= 0.3 is 6.09 Å². The van der Waals surface area contributed by atoms with Crippen LogP contribution in [-0.4, -0.2) is 31.3 Å². The first-order valence-electron chi connectivity index (χ1n) is 6.07. The summed E-state index contributed by atoms with van der Waals surface area (Å²) in [4.78, 5) is 13.2. The Morgan fingerprint density at radius 2 is 1.95 bits per heavy atom. The van der Waals surface area contributed by atoms with E-state index >= 15 is 0 Å². The van der Waals surface area contributed by atoms with Crippen LogP contribution in [0.5, 0.6) is 5.75 Å². The zero-order valence-corrected chi connectivity index (χ0v) is 12.2. The van der Waals surface area contributed by atoms with Crippen molar-refractivity contribution in [1.29, 1.82) is 0 Å². The Morgan fingerprint density at radius 3 is 2.37 bits per heavy atom. The second-order valence-electron chi connectivity index (χ2n) is 3.74. The van der Waals surface area contributed by atoms with Crippen molar-refractivity contribution in [3.8, 4) is 5.75 Å². The standard InChI is InChI=1S/C13H18NO4P/c1-4-14(13(15)18-5-2)12(19-16)10-6-8-11(17-3)9-7-10/h6-9,12H,4-5H2,1-3H3. The number of carbonyl (C=O) groups excluding carboxylic acids is 1. The molecule has 1 unspecified atom stereocenters. The smallest absolute Gasteiger partial charge is 0.410 e. The summed E-state index contributed by atoms with van der Waals surface area (Å²) in [6.07, 6.45) is -0.464. The number of amides is 1. The third-order valence-corrected chi connectivity index (χ3v) is 3.43. The molecule has 1 amide bonds. The van der Waals surface area contributed by atoms with E-state index in [4.69, 9.17) is 9.47 Å². The number of hydrogen-bond donors (Lipinski definition) is 0. The van der Waals surface area contributed by atoms with Crippen LogP contribution < -0.4 is 4.74 Å². The molecular formula is C13H18NO4P. The van der Waals surface area contributed by atoms with Gasteiger partial charge < -0.3 is 9.47 Å². The van der Waals surface area contributed by atoms with E-state index < -0.39 is 11.9 Å². The number of nitrogens with zero attached hydrogens (tertiary/aromatic N) is 1. The average Bonchev–Trinajstić information content (AvgIpc) is 2.45. The number of hydrogen-bond acceptors (Lipinski definition) is 4. The molecule has 0 heterocycles. The number of ether oxygens (including phenoxy) is 2. The summed E-state index contributed by atoms with van der Waals surface area (Å²) >= 11 is 0. The molecule has 0 aliphatic carbocycles. The molecule has 0 N–H and O–H groups in total. The van der Waals surface area contributed by atoms with Gasteiger partial charge in [0, 0.05) is 6.54 Å². The molecule has 0 spiro atoms. The van der Waals surface area contributed by atoms with Crippen molar-refractivity contribution in [2.24, 2.45) is 0 Å². The summed E-state index contributed by atoms with van der Waals surface area (Å²) in [5.41, 5.74) is 0.771. The summed E-state index contributed by atoms with van der Waals surface area (Å²) in [7, 11) is 1.43. The summed E-state index contributed by atoms with van der Waals surface area (Å²) in [5, 5.41) is 0. The molecule has 104 valence electrons. The fourth-order valence-electron chi connectivity index (χ4n) is 1.68. The van der Waals surface area contributed by atoms with Crippen LogP contribution in [0.15, 0.2) is 24.3 Å². The quantitative estimate of drug-likeness (QED) is 0.750. The minimum Gasteiger partial charge on any atom is -0.497 e. The van der Waals surface area contributed by atoms with E-state index in [1.165, 1.54) is 4.90 Å². The minimum atomic E-state index is -0.546. The van der Waals surface area contributed by atoms with Crippen molar-refractivity contribution in [2.75, 3.05) is 20.3 Å². The molecule has 5 nitrogen and oxygen atoms in total. The molecule has 0 bridgehead atoms. The van der Waals surface area contributed by atoms with E-state index in [0.717, 1.165) is 5.56 Å². The fourth-order valence-corrected chi connectivity index (χ4v) is 2.35. The zero-order chi connectivity index (χ0) is 14.3. The van der Waals surface area contributed by atoms with Crippen LogP contribution in [0.4, 0.5) is 4.79 Å². The van der Waals surface area contributed by atoms with Gasteiger partial charge in [-0.3, -0.25) is 9.46 Å². The molecule has 0 aliphatic heterocycles. The van der Waals surface area contributed by atoms with Crippen LogP contribution in [-0.2, 0) is 9.30 Å². The Hall–Kier alpha value is -1.61. The van der Waals surface area contributed by atoms with Gasteiger partial charge in [0.2, 0.25) is 0 Å². The summed E-state index contributed by atoms with van der Waals surface area (Å²) in [6, 6.07) is 7.12. The molecule has 19 heavy (non-hydrogen) atoms. The second kappa shape index (κ2) is 7.74. The highest BCUT2D eigenvalue weighted by molar-refractivity contribution is 7.24. The van der Waals surface area contributed by atoms with Gasteiger partial charge in [0.15, 0.2) is 8.46 Å². The Morgan fingerprint density at radius 1 is 1.32 bits per heavy atom. The summed E-state index contributed by atoms with van der Waals surface area (Å²) < 4.78 is 21.4. The van der Waals surface area contributed by atoms with Gasteiger partial charge in [-0.15, -0.1) is 0 Å². The van der Waals surface area contributed by atoms with Crippen molar-refractivity contribution in [1.82, 2.24) is 4.90 Å². The lowest BCUT2D eigenvalue weighted by Crippen LogP contribution is -2.32. The lowest BCUT2D eigenvalue weighted by molar-refractivity contribution is 0.104. The highest BCUT2D eigenvalue weighted by atomic mass is 31.1. The van der Waals surface area contributed by atoms with E-state index in [0.29, 0.717) is 18.9 Å². The van der Waals surface area contributed by atoms with E-state index in [9.17, 15) is 9.36 Å². The third-order valence-electron chi connectivity index (χ3n) is 2.65. The first kappa shape index (κ1) is 15.4. The number of benzene rings is 1. The van der Waals surface area contributed by atoms with Crippen LogP contribution in [0.25, 0.3) is 0 Å². The summed E-state index contributed by atoms with van der Waals surface area (Å²) in [5.74, 6) is 0.166. The van der Waals surface area contributed by atoms with Crippen LogP contribution in [0.3, 0.4) is 0 Å². The van der Waals surface area contributed by atoms with Crippen LogP contribution >= 0.6 is 8.46 Å². The Labute approximate surface area is 114 Å². The first-order valence-corrected chi connectivity index (χ1v) is 6.95. The normalized spacial score (nSPS) is 11.9. The predicted molar refractivity (Wildman–Crippen MR) is 72.7 cm³/mol. The molecule has 1 aromatic carbocycles. The topological polar surface area (TPSA) is 55.8 Å². The Kier molecular flexibility index (Phi) is 6.30. The second-order valence-corrected chi connectivity index (χ2v) is 4.44. The molecule has 1 atom stereocenters. The van der Waals surface area contributed by atoms with Crippen molar-refractivity contribution < 1.29 is 18.8 Å². The zero-order valence-electron chi connectivity index (χ0n) is 11.3. The molecular weight excluding hydrogens is 265 g/mol. The van der Waals surface area contributed by atoms with Gasteiger partial charge in [-0.25, -0.2) is 4.79 Å². The van der Waals surface area contributed by atoms with Crippen LogP contribution in [0.1, 0.15) is 25.2 Å². The lowest BCUT2D eigenvalue weighted by Gasteiger charge is -2.25. The number of rotatable bonds is 6. The first-order chi connectivity index (χ1) is 9.17. The average molecular weight is 283 g/mol. The van der Waals surface area contributed by atoms with Gasteiger partial charge in [0.05, 0.1) is 13.7 Å². The fraction of sp³-hybridized carbons (Fsp3) is 0.462. The maximum atomic E-state index is 11.8. The number of methoxy groups -OCH3 is 1. The molecule has 1 rings (SSSR count). The molecule has 1 aromatic rings. The third kappa shape index (κ3) is 3.93. The maximum Gasteiger partial charge on any atom is 0.410 e. The van der Waals surface area contributed by atoms with Gasteiger partial charge in [-0.05, 0) is 31.5 Å². The van der Waals surface area contributed by atoms with Crippen LogP contribution in [0.2, 0.25) is 0 Å². The minimum absolute atomic E-state index is 0.150. The van der Waals surface area contributed by atoms with E-state index in [-0.39, 0.29) is 8.46 Å². The molecule has 0 aromatic heterocycles. The van der Waals surface area contributed by atoms with Crippen molar-refractivity contribution >= 4 is 14.6 Å². The van der Waals surface area contributed by atoms with Crippen molar-refractivity contribution in [3.05, 3.63) is 29.8 Å². The predicted octanol–water partition coefficient (Wildman–Crippen LogP) is 3.46. The van der Waals surface area contributed by atoms with E-state index in [1.807, 2.05) is 6.92 Å². The van der Waals surface area contributed by atoms with Gasteiger partial charge in [0.1, 0.15) is 11.5 Å². The van der Waals surface area contributed by atoms with Gasteiger partial charge in [-0.2, -0.15) is 0 Å².